The monoisotopic (exact) mass is 280 g/mol. The first-order valence-electron chi connectivity index (χ1n) is 7.03. The molecule has 0 spiro atoms. The Labute approximate surface area is 121 Å². The lowest BCUT2D eigenvalue weighted by molar-refractivity contribution is 0.643. The average Bonchev–Trinajstić information content (AvgIpc) is 3.21. The van der Waals surface area contributed by atoms with Crippen molar-refractivity contribution >= 4 is 22.7 Å². The fourth-order valence-electron chi connectivity index (χ4n) is 2.65. The van der Waals surface area contributed by atoms with Gasteiger partial charge in [0.05, 0.1) is 5.39 Å². The minimum atomic E-state index is 0.501. The summed E-state index contributed by atoms with van der Waals surface area (Å²) in [6.07, 6.45) is 7.96. The zero-order chi connectivity index (χ0) is 14.4. The summed E-state index contributed by atoms with van der Waals surface area (Å²) in [4.78, 5) is 12.7. The van der Waals surface area contributed by atoms with Crippen molar-refractivity contribution < 1.29 is 0 Å². The summed E-state index contributed by atoms with van der Waals surface area (Å²) >= 11 is 0. The van der Waals surface area contributed by atoms with E-state index in [0.717, 1.165) is 34.6 Å². The average molecular weight is 280 g/mol. The molecule has 21 heavy (non-hydrogen) atoms. The molecule has 0 atom stereocenters. The van der Waals surface area contributed by atoms with Crippen molar-refractivity contribution in [3.05, 3.63) is 30.9 Å². The Kier molecular flexibility index (Phi) is 2.57. The van der Waals surface area contributed by atoms with Crippen molar-refractivity contribution in [3.8, 4) is 11.1 Å². The van der Waals surface area contributed by atoms with Crippen LogP contribution in [-0.2, 0) is 6.54 Å². The first-order chi connectivity index (χ1) is 10.2. The van der Waals surface area contributed by atoms with Crippen LogP contribution in [0.25, 0.3) is 22.2 Å². The lowest BCUT2D eigenvalue weighted by Crippen LogP contribution is -2.00. The molecule has 0 unspecified atom stereocenters. The summed E-state index contributed by atoms with van der Waals surface area (Å²) in [5.74, 6) is 1.76. The van der Waals surface area contributed by atoms with Gasteiger partial charge in [0.1, 0.15) is 23.6 Å². The summed E-state index contributed by atoms with van der Waals surface area (Å²) < 4.78 is 2.18. The topological polar surface area (TPSA) is 95.6 Å². The van der Waals surface area contributed by atoms with Gasteiger partial charge < -0.3 is 16.0 Å². The summed E-state index contributed by atoms with van der Waals surface area (Å²) in [5, 5.41) is 0.893. The maximum absolute atomic E-state index is 6.07. The molecule has 4 N–H and O–H groups in total. The maximum Gasteiger partial charge on any atom is 0.146 e. The second kappa shape index (κ2) is 4.44. The van der Waals surface area contributed by atoms with E-state index in [4.69, 9.17) is 11.5 Å². The molecule has 1 aliphatic carbocycles. The second-order valence-electron chi connectivity index (χ2n) is 5.57. The molecule has 1 saturated carbocycles. The summed E-state index contributed by atoms with van der Waals surface area (Å²) in [7, 11) is 0. The van der Waals surface area contributed by atoms with Crippen molar-refractivity contribution in [2.75, 3.05) is 11.5 Å². The summed E-state index contributed by atoms with van der Waals surface area (Å²) in [5.41, 5.74) is 14.6. The Morgan fingerprint density at radius 1 is 1.14 bits per heavy atom. The Morgan fingerprint density at radius 2 is 2.00 bits per heavy atom. The zero-order valence-electron chi connectivity index (χ0n) is 11.5. The molecule has 1 fully saturated rings. The number of nitrogens with zero attached hydrogens (tertiary/aromatic N) is 4. The van der Waals surface area contributed by atoms with Gasteiger partial charge in [-0.25, -0.2) is 15.0 Å². The molecule has 6 nitrogen and oxygen atoms in total. The fourth-order valence-corrected chi connectivity index (χ4v) is 2.65. The first-order valence-corrected chi connectivity index (χ1v) is 7.03. The third kappa shape index (κ3) is 2.08. The Morgan fingerprint density at radius 3 is 2.71 bits per heavy atom. The molecule has 3 heterocycles. The molecule has 4 rings (SSSR count). The van der Waals surface area contributed by atoms with Crippen molar-refractivity contribution in [3.63, 3.8) is 0 Å². The molecule has 0 saturated heterocycles. The van der Waals surface area contributed by atoms with Gasteiger partial charge >= 0.3 is 0 Å². The highest BCUT2D eigenvalue weighted by Crippen LogP contribution is 2.36. The van der Waals surface area contributed by atoms with Crippen LogP contribution in [0.5, 0.6) is 0 Å². The van der Waals surface area contributed by atoms with E-state index in [9.17, 15) is 0 Å². The molecular formula is C15H16N6. The minimum absolute atomic E-state index is 0.501. The standard InChI is InChI=1S/C15H16N6/c16-12-4-3-10(5-18-12)11-7-21(6-9-1-2-9)15-13(11)14(17)19-8-20-15/h3-5,7-9H,1-2,6H2,(H2,16,18)(H2,17,19,20). The molecule has 0 aliphatic heterocycles. The summed E-state index contributed by atoms with van der Waals surface area (Å²) in [6, 6.07) is 3.74. The zero-order valence-corrected chi connectivity index (χ0v) is 11.5. The third-order valence-corrected chi connectivity index (χ3v) is 3.93. The van der Waals surface area contributed by atoms with E-state index >= 15 is 0 Å². The van der Waals surface area contributed by atoms with Gasteiger partial charge in [0.15, 0.2) is 0 Å². The first kappa shape index (κ1) is 12.1. The Balaban J connectivity index is 1.92. The van der Waals surface area contributed by atoms with Gasteiger partial charge in [-0.1, -0.05) is 0 Å². The van der Waals surface area contributed by atoms with E-state index in [2.05, 4.69) is 25.7 Å². The van der Waals surface area contributed by atoms with Gasteiger partial charge in [0.2, 0.25) is 0 Å². The predicted octanol–water partition coefficient (Wildman–Crippen LogP) is 2.07. The third-order valence-electron chi connectivity index (χ3n) is 3.93. The van der Waals surface area contributed by atoms with Crippen molar-refractivity contribution in [1.29, 1.82) is 0 Å². The molecule has 0 amide bonds. The SMILES string of the molecule is Nc1ccc(-c2cn(CC3CC3)c3ncnc(N)c23)cn1. The number of pyridine rings is 1. The van der Waals surface area contributed by atoms with Gasteiger partial charge in [0, 0.05) is 30.1 Å². The van der Waals surface area contributed by atoms with E-state index in [-0.39, 0.29) is 0 Å². The number of rotatable bonds is 3. The number of nitrogens with two attached hydrogens (primary N) is 2. The molecule has 0 bridgehead atoms. The van der Waals surface area contributed by atoms with Crippen molar-refractivity contribution in [2.24, 2.45) is 5.92 Å². The maximum atomic E-state index is 6.07. The number of hydrogen-bond acceptors (Lipinski definition) is 5. The highest BCUT2D eigenvalue weighted by molar-refractivity contribution is 6.00. The second-order valence-corrected chi connectivity index (χ2v) is 5.57. The van der Waals surface area contributed by atoms with E-state index in [1.165, 1.54) is 19.2 Å². The molecule has 0 aromatic carbocycles. The highest BCUT2D eigenvalue weighted by atomic mass is 15.1. The molecule has 106 valence electrons. The smallest absolute Gasteiger partial charge is 0.146 e. The summed E-state index contributed by atoms with van der Waals surface area (Å²) in [6.45, 7) is 0.982. The van der Waals surface area contributed by atoms with Crippen LogP contribution in [0.2, 0.25) is 0 Å². The molecule has 1 aliphatic rings. The van der Waals surface area contributed by atoms with E-state index in [1.807, 2.05) is 6.07 Å². The van der Waals surface area contributed by atoms with E-state index < -0.39 is 0 Å². The number of hydrogen-bond donors (Lipinski definition) is 2. The lowest BCUT2D eigenvalue weighted by atomic mass is 10.1. The van der Waals surface area contributed by atoms with Crippen LogP contribution in [-0.4, -0.2) is 19.5 Å². The van der Waals surface area contributed by atoms with Crippen LogP contribution >= 0.6 is 0 Å². The number of anilines is 2. The molecule has 6 heteroatoms. The molecule has 0 radical (unpaired) electrons. The van der Waals surface area contributed by atoms with Crippen LogP contribution in [0, 0.1) is 5.92 Å². The Hall–Kier alpha value is -2.63. The van der Waals surface area contributed by atoms with Crippen molar-refractivity contribution in [1.82, 2.24) is 19.5 Å². The van der Waals surface area contributed by atoms with Gasteiger partial charge in [-0.05, 0) is 30.9 Å². The molecule has 3 aromatic heterocycles. The number of aromatic nitrogens is 4. The largest absolute Gasteiger partial charge is 0.384 e. The van der Waals surface area contributed by atoms with E-state index in [1.54, 1.807) is 12.3 Å². The van der Waals surface area contributed by atoms with Gasteiger partial charge in [-0.2, -0.15) is 0 Å². The minimum Gasteiger partial charge on any atom is -0.384 e. The van der Waals surface area contributed by atoms with Crippen LogP contribution < -0.4 is 11.5 Å². The van der Waals surface area contributed by atoms with Crippen molar-refractivity contribution in [2.45, 2.75) is 19.4 Å². The van der Waals surface area contributed by atoms with Gasteiger partial charge in [-0.15, -0.1) is 0 Å². The van der Waals surface area contributed by atoms with Crippen LogP contribution in [0.15, 0.2) is 30.9 Å². The van der Waals surface area contributed by atoms with Gasteiger partial charge in [0.25, 0.3) is 0 Å². The van der Waals surface area contributed by atoms with Crippen LogP contribution in [0.3, 0.4) is 0 Å². The van der Waals surface area contributed by atoms with Gasteiger partial charge in [-0.3, -0.25) is 0 Å². The van der Waals surface area contributed by atoms with Crippen LogP contribution in [0.1, 0.15) is 12.8 Å². The predicted molar refractivity (Wildman–Crippen MR) is 82.3 cm³/mol. The number of nitrogen functional groups attached to an aromatic ring is 2. The Bertz CT molecular complexity index is 801. The lowest BCUT2D eigenvalue weighted by Gasteiger charge is -2.02. The molecular weight excluding hydrogens is 264 g/mol. The quantitative estimate of drug-likeness (QED) is 0.765. The normalized spacial score (nSPS) is 14.7. The number of fused-ring (bicyclic) bond motifs is 1. The molecule has 3 aromatic rings. The fraction of sp³-hybridized carbons (Fsp3) is 0.267. The highest BCUT2D eigenvalue weighted by Gasteiger charge is 2.24. The van der Waals surface area contributed by atoms with E-state index in [0.29, 0.717) is 11.6 Å². The van der Waals surface area contributed by atoms with Crippen LogP contribution in [0.4, 0.5) is 11.6 Å².